The first-order valence-corrected chi connectivity index (χ1v) is 9.89. The number of thiophene rings is 1. The quantitative estimate of drug-likeness (QED) is 0.756. The normalized spacial score (nSPS) is 17.4. The molecule has 6 heteroatoms. The summed E-state index contributed by atoms with van der Waals surface area (Å²) >= 11 is 1.61. The van der Waals surface area contributed by atoms with Gasteiger partial charge in [0.2, 0.25) is 11.8 Å². The molecule has 2 amide bonds. The first kappa shape index (κ1) is 19.6. The van der Waals surface area contributed by atoms with Gasteiger partial charge in [-0.15, -0.1) is 11.3 Å². The van der Waals surface area contributed by atoms with Crippen LogP contribution in [0.5, 0.6) is 0 Å². The Hall–Kier alpha value is -1.69. The number of hydrogen-bond donors (Lipinski definition) is 1. The lowest BCUT2D eigenvalue weighted by molar-refractivity contribution is -0.135. The maximum absolute atomic E-state index is 12.5. The first-order chi connectivity index (χ1) is 11.9. The molecule has 0 radical (unpaired) electrons. The van der Waals surface area contributed by atoms with E-state index in [-0.39, 0.29) is 36.4 Å². The van der Waals surface area contributed by atoms with Gasteiger partial charge in [-0.05, 0) is 39.2 Å². The van der Waals surface area contributed by atoms with E-state index in [2.05, 4.69) is 5.32 Å². The Kier molecular flexibility index (Phi) is 7.17. The number of aryl methyl sites for hydroxylation is 2. The molecule has 1 aromatic heterocycles. The van der Waals surface area contributed by atoms with Crippen molar-refractivity contribution in [1.82, 2.24) is 10.2 Å². The highest BCUT2D eigenvalue weighted by Crippen LogP contribution is 2.23. The molecular formula is C19H28N2O3S. The summed E-state index contributed by atoms with van der Waals surface area (Å²) in [5.41, 5.74) is 0.741. The molecule has 0 spiro atoms. The number of nitrogens with zero attached hydrogens (tertiary/aromatic N) is 1. The summed E-state index contributed by atoms with van der Waals surface area (Å²) in [7, 11) is 0. The van der Waals surface area contributed by atoms with Gasteiger partial charge in [0.15, 0.2) is 5.78 Å². The molecule has 1 aliphatic heterocycles. The second kappa shape index (κ2) is 9.13. The molecule has 0 bridgehead atoms. The van der Waals surface area contributed by atoms with Gasteiger partial charge >= 0.3 is 0 Å². The second-order valence-corrected chi connectivity index (χ2v) is 8.18. The van der Waals surface area contributed by atoms with Crippen molar-refractivity contribution in [2.45, 2.75) is 52.9 Å². The minimum Gasteiger partial charge on any atom is -0.356 e. The molecule has 25 heavy (non-hydrogen) atoms. The SMILES string of the molecule is CCCNC(=O)C1CCCN(C(=O)CCC(=O)c2cc(C)sc2C)C1. The van der Waals surface area contributed by atoms with Gasteiger partial charge in [-0.25, -0.2) is 0 Å². The number of carbonyl (C=O) groups is 3. The van der Waals surface area contributed by atoms with Gasteiger partial charge in [-0.2, -0.15) is 0 Å². The molecule has 5 nitrogen and oxygen atoms in total. The van der Waals surface area contributed by atoms with E-state index >= 15 is 0 Å². The molecule has 1 N–H and O–H groups in total. The minimum absolute atomic E-state index is 0.0223. The molecular weight excluding hydrogens is 336 g/mol. The maximum Gasteiger partial charge on any atom is 0.224 e. The molecule has 1 saturated heterocycles. The fourth-order valence-corrected chi connectivity index (χ4v) is 4.17. The average molecular weight is 365 g/mol. The van der Waals surface area contributed by atoms with Crippen LogP contribution in [-0.4, -0.2) is 42.1 Å². The number of nitrogens with one attached hydrogen (secondary N) is 1. The lowest BCUT2D eigenvalue weighted by atomic mass is 9.96. The number of likely N-dealkylation sites (tertiary alicyclic amines) is 1. The monoisotopic (exact) mass is 364 g/mol. The van der Waals surface area contributed by atoms with Crippen molar-refractivity contribution in [3.8, 4) is 0 Å². The van der Waals surface area contributed by atoms with E-state index in [1.54, 1.807) is 16.2 Å². The number of rotatable bonds is 7. The van der Waals surface area contributed by atoms with E-state index < -0.39 is 0 Å². The summed E-state index contributed by atoms with van der Waals surface area (Å²) in [5.74, 6) is -0.0723. The van der Waals surface area contributed by atoms with Crippen LogP contribution >= 0.6 is 11.3 Å². The third-order valence-electron chi connectivity index (χ3n) is 4.60. The number of hydrogen-bond acceptors (Lipinski definition) is 4. The number of amides is 2. The lowest BCUT2D eigenvalue weighted by Crippen LogP contribution is -2.45. The zero-order valence-corrected chi connectivity index (χ0v) is 16.2. The Bertz CT molecular complexity index is 639. The van der Waals surface area contributed by atoms with E-state index in [0.29, 0.717) is 19.6 Å². The van der Waals surface area contributed by atoms with Crippen molar-refractivity contribution in [3.05, 3.63) is 21.4 Å². The standard InChI is InChI=1S/C19H28N2O3S/c1-4-9-20-19(24)15-6-5-10-21(12-15)18(23)8-7-17(22)16-11-13(2)25-14(16)3/h11,15H,4-10,12H2,1-3H3,(H,20,24). The molecule has 1 aromatic rings. The summed E-state index contributed by atoms with van der Waals surface area (Å²) in [6.45, 7) is 7.77. The number of piperidine rings is 1. The second-order valence-electron chi connectivity index (χ2n) is 6.72. The predicted molar refractivity (Wildman–Crippen MR) is 100.0 cm³/mol. The summed E-state index contributed by atoms with van der Waals surface area (Å²) in [6.07, 6.45) is 3.03. The highest BCUT2D eigenvalue weighted by atomic mass is 32.1. The summed E-state index contributed by atoms with van der Waals surface area (Å²) in [5, 5.41) is 2.91. The van der Waals surface area contributed by atoms with Crippen molar-refractivity contribution in [3.63, 3.8) is 0 Å². The third kappa shape index (κ3) is 5.39. The molecule has 0 saturated carbocycles. The Morgan fingerprint density at radius 2 is 2.04 bits per heavy atom. The van der Waals surface area contributed by atoms with Crippen LogP contribution in [0.25, 0.3) is 0 Å². The maximum atomic E-state index is 12.5. The third-order valence-corrected chi connectivity index (χ3v) is 5.57. The van der Waals surface area contributed by atoms with Gasteiger partial charge in [-0.3, -0.25) is 14.4 Å². The van der Waals surface area contributed by atoms with Crippen molar-refractivity contribution in [1.29, 1.82) is 0 Å². The number of carbonyl (C=O) groups excluding carboxylic acids is 3. The van der Waals surface area contributed by atoms with Gasteiger partial charge < -0.3 is 10.2 Å². The molecule has 1 atom stereocenters. The Balaban J connectivity index is 1.84. The summed E-state index contributed by atoms with van der Waals surface area (Å²) < 4.78 is 0. The topological polar surface area (TPSA) is 66.5 Å². The molecule has 1 aliphatic rings. The van der Waals surface area contributed by atoms with Crippen LogP contribution in [0.2, 0.25) is 0 Å². The van der Waals surface area contributed by atoms with Crippen LogP contribution in [0, 0.1) is 19.8 Å². The minimum atomic E-state index is -0.123. The van der Waals surface area contributed by atoms with Crippen molar-refractivity contribution in [2.75, 3.05) is 19.6 Å². The van der Waals surface area contributed by atoms with Gasteiger partial charge in [0.25, 0.3) is 0 Å². The van der Waals surface area contributed by atoms with Crippen LogP contribution in [-0.2, 0) is 9.59 Å². The highest BCUT2D eigenvalue weighted by Gasteiger charge is 2.28. The van der Waals surface area contributed by atoms with E-state index in [1.165, 1.54) is 0 Å². The van der Waals surface area contributed by atoms with Crippen LogP contribution < -0.4 is 5.32 Å². The molecule has 2 rings (SSSR count). The fourth-order valence-electron chi connectivity index (χ4n) is 3.23. The Labute approximate surface area is 153 Å². The predicted octanol–water partition coefficient (Wildman–Crippen LogP) is 3.09. The molecule has 1 fully saturated rings. The molecule has 1 unspecified atom stereocenters. The highest BCUT2D eigenvalue weighted by molar-refractivity contribution is 7.12. The Morgan fingerprint density at radius 1 is 1.28 bits per heavy atom. The zero-order chi connectivity index (χ0) is 18.4. The van der Waals surface area contributed by atoms with E-state index in [4.69, 9.17) is 0 Å². The molecule has 138 valence electrons. The Morgan fingerprint density at radius 3 is 2.68 bits per heavy atom. The summed E-state index contributed by atoms with van der Waals surface area (Å²) in [6, 6.07) is 1.90. The molecule has 0 aliphatic carbocycles. The first-order valence-electron chi connectivity index (χ1n) is 9.08. The molecule has 2 heterocycles. The van der Waals surface area contributed by atoms with Crippen molar-refractivity contribution >= 4 is 28.9 Å². The lowest BCUT2D eigenvalue weighted by Gasteiger charge is -2.32. The van der Waals surface area contributed by atoms with Gasteiger partial charge in [0, 0.05) is 47.8 Å². The number of Topliss-reactive ketones (excluding diaryl/α,β-unsaturated/α-hetero) is 1. The van der Waals surface area contributed by atoms with Crippen LogP contribution in [0.15, 0.2) is 6.07 Å². The number of ketones is 1. The fraction of sp³-hybridized carbons (Fsp3) is 0.632. The molecule has 0 aromatic carbocycles. The van der Waals surface area contributed by atoms with Crippen LogP contribution in [0.3, 0.4) is 0 Å². The smallest absolute Gasteiger partial charge is 0.224 e. The van der Waals surface area contributed by atoms with Crippen molar-refractivity contribution in [2.24, 2.45) is 5.92 Å². The largest absolute Gasteiger partial charge is 0.356 e. The van der Waals surface area contributed by atoms with E-state index in [1.807, 2.05) is 26.8 Å². The van der Waals surface area contributed by atoms with E-state index in [9.17, 15) is 14.4 Å². The van der Waals surface area contributed by atoms with Gasteiger partial charge in [0.05, 0.1) is 5.92 Å². The van der Waals surface area contributed by atoms with Crippen molar-refractivity contribution < 1.29 is 14.4 Å². The van der Waals surface area contributed by atoms with Gasteiger partial charge in [-0.1, -0.05) is 6.92 Å². The van der Waals surface area contributed by atoms with Crippen LogP contribution in [0.4, 0.5) is 0 Å². The van der Waals surface area contributed by atoms with Gasteiger partial charge in [0.1, 0.15) is 0 Å². The summed E-state index contributed by atoms with van der Waals surface area (Å²) in [4.78, 5) is 40.8. The van der Waals surface area contributed by atoms with Crippen LogP contribution in [0.1, 0.15) is 59.1 Å². The van der Waals surface area contributed by atoms with E-state index in [0.717, 1.165) is 34.6 Å². The zero-order valence-electron chi connectivity index (χ0n) is 15.4. The average Bonchev–Trinajstić information content (AvgIpc) is 2.95.